The summed E-state index contributed by atoms with van der Waals surface area (Å²) in [5, 5.41) is 70.2. The van der Waals surface area contributed by atoms with Crippen LogP contribution in [0.25, 0.3) is 0 Å². The van der Waals surface area contributed by atoms with Gasteiger partial charge in [-0.3, -0.25) is 0 Å². The zero-order chi connectivity index (χ0) is 28.6. The van der Waals surface area contributed by atoms with Gasteiger partial charge in [-0.2, -0.15) is 0 Å². The van der Waals surface area contributed by atoms with Crippen LogP contribution in [-0.4, -0.2) is 130 Å². The Morgan fingerprint density at radius 2 is 1.18 bits per heavy atom. The molecule has 0 spiro atoms. The van der Waals surface area contributed by atoms with Gasteiger partial charge in [0.1, 0.15) is 48.8 Å². The molecule has 2 aliphatic heterocycles. The fourth-order valence-corrected chi connectivity index (χ4v) is 4.65. The molecule has 0 unspecified atom stereocenters. The van der Waals surface area contributed by atoms with Crippen LogP contribution in [0.3, 0.4) is 0 Å². The van der Waals surface area contributed by atoms with Crippen molar-refractivity contribution in [2.45, 2.75) is 126 Å². The van der Waals surface area contributed by atoms with E-state index in [0.717, 1.165) is 12.8 Å². The second-order valence-electron chi connectivity index (χ2n) is 10.2. The number of aliphatic hydroxyl groups is 7. The number of hydrogen-bond acceptors (Lipinski definition) is 12. The maximum absolute atomic E-state index is 10.6. The van der Waals surface area contributed by atoms with Crippen molar-refractivity contribution in [1.29, 1.82) is 0 Å². The molecule has 2 saturated heterocycles. The van der Waals surface area contributed by atoms with Gasteiger partial charge in [0.25, 0.3) is 0 Å². The summed E-state index contributed by atoms with van der Waals surface area (Å²) in [5.74, 6) is 0. The van der Waals surface area contributed by atoms with Gasteiger partial charge in [-0.1, -0.05) is 70.4 Å². The molecular weight excluding hydrogens is 516 g/mol. The van der Waals surface area contributed by atoms with E-state index >= 15 is 0 Å². The monoisotopic (exact) mass is 566 g/mol. The van der Waals surface area contributed by atoms with Crippen molar-refractivity contribution in [2.24, 2.45) is 0 Å². The van der Waals surface area contributed by atoms with Crippen LogP contribution in [0, 0.1) is 0 Å². The first-order chi connectivity index (χ1) is 18.8. The Morgan fingerprint density at radius 1 is 0.615 bits per heavy atom. The van der Waals surface area contributed by atoms with Gasteiger partial charge in [0, 0.05) is 6.61 Å². The molecule has 0 aromatic rings. The Kier molecular flexibility index (Phi) is 17.1. The Hall–Kier alpha value is -0.740. The van der Waals surface area contributed by atoms with Crippen LogP contribution < -0.4 is 0 Å². The van der Waals surface area contributed by atoms with Crippen LogP contribution in [-0.2, 0) is 23.7 Å². The Bertz CT molecular complexity index is 648. The van der Waals surface area contributed by atoms with Crippen molar-refractivity contribution in [3.63, 3.8) is 0 Å². The lowest BCUT2D eigenvalue weighted by atomic mass is 9.97. The van der Waals surface area contributed by atoms with Gasteiger partial charge in [0.05, 0.1) is 26.4 Å². The SMILES string of the molecule is CCCCCCCCCCCOC/C=C/CO[C@@H]1O[C@H](CO)[C@@H](O[C@H]2O[C@H](CO)[C@@H](O)[C@H](O)[C@H]2O)[C@H](O)[C@H]1O. The molecule has 7 N–H and O–H groups in total. The van der Waals surface area contributed by atoms with Crippen molar-refractivity contribution in [1.82, 2.24) is 0 Å². The summed E-state index contributed by atoms with van der Waals surface area (Å²) in [6.45, 7) is 2.12. The maximum atomic E-state index is 10.6. The van der Waals surface area contributed by atoms with E-state index in [1.807, 2.05) is 0 Å². The number of aliphatic hydroxyl groups excluding tert-OH is 7. The molecule has 2 fully saturated rings. The zero-order valence-electron chi connectivity index (χ0n) is 23.0. The lowest BCUT2D eigenvalue weighted by molar-refractivity contribution is -0.358. The van der Waals surface area contributed by atoms with Gasteiger partial charge >= 0.3 is 0 Å². The minimum Gasteiger partial charge on any atom is -0.394 e. The first-order valence-electron chi connectivity index (χ1n) is 14.3. The largest absolute Gasteiger partial charge is 0.394 e. The standard InChI is InChI=1S/C27H50O12/c1-2-3-4-5-6-7-8-9-10-13-35-14-11-12-15-36-26-24(34)22(32)25(19(17-29)38-26)39-27-23(33)21(31)20(30)18(16-28)37-27/h11-12,18-34H,2-10,13-17H2,1H3/b12-11+/t18-,19-,20-,21+,22-,23-,24-,25-,26-,27-/m1/s1. The topological polar surface area (TPSA) is 188 Å². The molecule has 12 heteroatoms. The van der Waals surface area contributed by atoms with Gasteiger partial charge < -0.3 is 59.4 Å². The summed E-state index contributed by atoms with van der Waals surface area (Å²) in [6, 6.07) is 0. The third kappa shape index (κ3) is 11.2. The predicted molar refractivity (Wildman–Crippen MR) is 140 cm³/mol. The first kappa shape index (κ1) is 34.5. The molecule has 230 valence electrons. The van der Waals surface area contributed by atoms with Gasteiger partial charge in [-0.15, -0.1) is 0 Å². The van der Waals surface area contributed by atoms with E-state index in [2.05, 4.69) is 6.92 Å². The van der Waals surface area contributed by atoms with Crippen molar-refractivity contribution in [3.05, 3.63) is 12.2 Å². The highest BCUT2D eigenvalue weighted by atomic mass is 16.7. The van der Waals surface area contributed by atoms with E-state index in [0.29, 0.717) is 13.2 Å². The van der Waals surface area contributed by atoms with Crippen molar-refractivity contribution in [2.75, 3.05) is 33.0 Å². The van der Waals surface area contributed by atoms with Crippen molar-refractivity contribution >= 4 is 0 Å². The van der Waals surface area contributed by atoms with E-state index in [1.54, 1.807) is 12.2 Å². The van der Waals surface area contributed by atoms with E-state index in [4.69, 9.17) is 23.7 Å². The third-order valence-corrected chi connectivity index (χ3v) is 7.09. The summed E-state index contributed by atoms with van der Waals surface area (Å²) < 4.78 is 27.5. The van der Waals surface area contributed by atoms with E-state index < -0.39 is 74.6 Å². The van der Waals surface area contributed by atoms with Crippen LogP contribution in [0.1, 0.15) is 64.7 Å². The molecule has 2 aliphatic rings. The van der Waals surface area contributed by atoms with Gasteiger partial charge in [0.2, 0.25) is 0 Å². The van der Waals surface area contributed by atoms with Crippen LogP contribution in [0.4, 0.5) is 0 Å². The third-order valence-electron chi connectivity index (χ3n) is 7.09. The number of hydrogen-bond donors (Lipinski definition) is 7. The summed E-state index contributed by atoms with van der Waals surface area (Å²) in [7, 11) is 0. The average Bonchev–Trinajstić information content (AvgIpc) is 2.94. The molecule has 0 aliphatic carbocycles. The Balaban J connectivity index is 1.66. The molecule has 2 heterocycles. The molecule has 0 aromatic heterocycles. The predicted octanol–water partition coefficient (Wildman–Crippen LogP) is -0.269. The second kappa shape index (κ2) is 19.4. The van der Waals surface area contributed by atoms with Crippen LogP contribution in [0.5, 0.6) is 0 Å². The average molecular weight is 567 g/mol. The minimum absolute atomic E-state index is 0.0617. The number of unbranched alkanes of at least 4 members (excludes halogenated alkanes) is 8. The molecule has 0 bridgehead atoms. The minimum atomic E-state index is -1.71. The molecule has 0 amide bonds. The van der Waals surface area contributed by atoms with Crippen LogP contribution >= 0.6 is 0 Å². The first-order valence-corrected chi connectivity index (χ1v) is 14.3. The molecular formula is C27H50O12. The molecule has 2 rings (SSSR count). The van der Waals surface area contributed by atoms with Gasteiger partial charge in [0.15, 0.2) is 12.6 Å². The van der Waals surface area contributed by atoms with Gasteiger partial charge in [-0.05, 0) is 6.42 Å². The summed E-state index contributed by atoms with van der Waals surface area (Å²) >= 11 is 0. The zero-order valence-corrected chi connectivity index (χ0v) is 23.0. The molecule has 10 atom stereocenters. The summed E-state index contributed by atoms with van der Waals surface area (Å²) in [6.07, 6.45) is 0.0453. The quantitative estimate of drug-likeness (QED) is 0.0802. The Labute approximate surface area is 231 Å². The Morgan fingerprint density at radius 3 is 1.82 bits per heavy atom. The fraction of sp³-hybridized carbons (Fsp3) is 0.926. The summed E-state index contributed by atoms with van der Waals surface area (Å²) in [5.41, 5.74) is 0. The highest BCUT2D eigenvalue weighted by Gasteiger charge is 2.50. The van der Waals surface area contributed by atoms with Crippen LogP contribution in [0.2, 0.25) is 0 Å². The second-order valence-corrected chi connectivity index (χ2v) is 10.2. The van der Waals surface area contributed by atoms with Crippen molar-refractivity contribution < 1.29 is 59.4 Å². The highest BCUT2D eigenvalue weighted by Crippen LogP contribution is 2.29. The smallest absolute Gasteiger partial charge is 0.187 e. The molecule has 0 aromatic carbocycles. The highest BCUT2D eigenvalue weighted by molar-refractivity contribution is 4.94. The van der Waals surface area contributed by atoms with Gasteiger partial charge in [-0.25, -0.2) is 0 Å². The summed E-state index contributed by atoms with van der Waals surface area (Å²) in [4.78, 5) is 0. The van der Waals surface area contributed by atoms with Crippen LogP contribution in [0.15, 0.2) is 12.2 Å². The molecule has 0 saturated carbocycles. The fourth-order valence-electron chi connectivity index (χ4n) is 4.65. The lowest BCUT2D eigenvalue weighted by Crippen LogP contribution is -2.64. The molecule has 39 heavy (non-hydrogen) atoms. The van der Waals surface area contributed by atoms with E-state index in [1.165, 1.54) is 44.9 Å². The number of rotatable bonds is 19. The lowest BCUT2D eigenvalue weighted by Gasteiger charge is -2.45. The maximum Gasteiger partial charge on any atom is 0.187 e. The van der Waals surface area contributed by atoms with E-state index in [-0.39, 0.29) is 6.61 Å². The molecule has 0 radical (unpaired) electrons. The molecule has 12 nitrogen and oxygen atoms in total. The normalized spacial score (nSPS) is 35.6. The number of ether oxygens (including phenoxy) is 5. The van der Waals surface area contributed by atoms with E-state index in [9.17, 15) is 35.7 Å². The van der Waals surface area contributed by atoms with Crippen molar-refractivity contribution in [3.8, 4) is 0 Å².